The van der Waals surface area contributed by atoms with Gasteiger partial charge < -0.3 is 4.74 Å². The van der Waals surface area contributed by atoms with Gasteiger partial charge in [0, 0.05) is 15.0 Å². The maximum atomic E-state index is 12.3. The molecule has 0 atom stereocenters. The van der Waals surface area contributed by atoms with Crippen molar-refractivity contribution in [2.75, 3.05) is 7.11 Å². The standard InChI is InChI=1S/C14H10O2S2/c1-16-10-4-2-9(3-5-10)14(15)13-8-12-11(18-13)6-7-17-12/h2-8H,1H3. The second kappa shape index (κ2) is 4.55. The number of hydrogen-bond acceptors (Lipinski definition) is 4. The third kappa shape index (κ3) is 1.94. The van der Waals surface area contributed by atoms with Crippen LogP contribution in [-0.4, -0.2) is 12.9 Å². The van der Waals surface area contributed by atoms with Gasteiger partial charge in [-0.3, -0.25) is 4.79 Å². The molecule has 0 bridgehead atoms. The molecule has 0 amide bonds. The molecular weight excluding hydrogens is 264 g/mol. The molecule has 18 heavy (non-hydrogen) atoms. The summed E-state index contributed by atoms with van der Waals surface area (Å²) in [6, 6.07) is 11.2. The quantitative estimate of drug-likeness (QED) is 0.669. The van der Waals surface area contributed by atoms with Crippen LogP contribution >= 0.6 is 22.7 Å². The Kier molecular flexibility index (Phi) is 2.89. The number of fused-ring (bicyclic) bond motifs is 1. The highest BCUT2D eigenvalue weighted by Crippen LogP contribution is 2.31. The molecule has 2 heterocycles. The number of hydrogen-bond donors (Lipinski definition) is 0. The van der Waals surface area contributed by atoms with E-state index in [1.807, 2.05) is 23.6 Å². The van der Waals surface area contributed by atoms with Gasteiger partial charge in [0.1, 0.15) is 5.75 Å². The summed E-state index contributed by atoms with van der Waals surface area (Å²) >= 11 is 3.21. The van der Waals surface area contributed by atoms with Gasteiger partial charge in [-0.2, -0.15) is 0 Å². The summed E-state index contributed by atoms with van der Waals surface area (Å²) in [5, 5.41) is 2.04. The zero-order valence-electron chi connectivity index (χ0n) is 9.67. The minimum atomic E-state index is 0.0750. The molecule has 1 aromatic carbocycles. The van der Waals surface area contributed by atoms with Gasteiger partial charge in [0.15, 0.2) is 0 Å². The lowest BCUT2D eigenvalue weighted by Gasteiger charge is -2.01. The Bertz CT molecular complexity index is 663. The van der Waals surface area contributed by atoms with E-state index in [1.54, 1.807) is 41.9 Å². The van der Waals surface area contributed by atoms with Crippen LogP contribution < -0.4 is 4.74 Å². The Labute approximate surface area is 112 Å². The van der Waals surface area contributed by atoms with Gasteiger partial charge in [0.05, 0.1) is 12.0 Å². The maximum Gasteiger partial charge on any atom is 0.203 e. The van der Waals surface area contributed by atoms with Gasteiger partial charge in [-0.25, -0.2) is 0 Å². The van der Waals surface area contributed by atoms with E-state index in [0.717, 1.165) is 10.6 Å². The molecule has 0 unspecified atom stereocenters. The van der Waals surface area contributed by atoms with Gasteiger partial charge >= 0.3 is 0 Å². The second-order valence-electron chi connectivity index (χ2n) is 3.82. The predicted octanol–water partition coefficient (Wildman–Crippen LogP) is 4.20. The van der Waals surface area contributed by atoms with Crippen molar-refractivity contribution < 1.29 is 9.53 Å². The molecule has 2 aromatic heterocycles. The minimum absolute atomic E-state index is 0.0750. The Morgan fingerprint density at radius 3 is 2.56 bits per heavy atom. The molecular formula is C14H10O2S2. The van der Waals surface area contributed by atoms with Crippen LogP contribution in [0.3, 0.4) is 0 Å². The SMILES string of the molecule is COc1ccc(C(=O)c2cc3sccc3s2)cc1. The number of benzene rings is 1. The molecule has 3 aromatic rings. The van der Waals surface area contributed by atoms with E-state index in [4.69, 9.17) is 4.74 Å². The lowest BCUT2D eigenvalue weighted by atomic mass is 10.1. The first kappa shape index (κ1) is 11.4. The lowest BCUT2D eigenvalue weighted by molar-refractivity contribution is 0.104. The van der Waals surface area contributed by atoms with Crippen LogP contribution in [0.4, 0.5) is 0 Å². The van der Waals surface area contributed by atoms with Gasteiger partial charge in [-0.05, 0) is 41.8 Å². The van der Waals surface area contributed by atoms with E-state index in [0.29, 0.717) is 5.56 Å². The minimum Gasteiger partial charge on any atom is -0.497 e. The fourth-order valence-electron chi connectivity index (χ4n) is 1.76. The molecule has 0 aliphatic carbocycles. The van der Waals surface area contributed by atoms with Crippen molar-refractivity contribution in [3.05, 3.63) is 52.2 Å². The first-order valence-corrected chi connectivity index (χ1v) is 7.13. The second-order valence-corrected chi connectivity index (χ2v) is 5.85. The monoisotopic (exact) mass is 274 g/mol. The third-order valence-electron chi connectivity index (χ3n) is 2.72. The summed E-state index contributed by atoms with van der Waals surface area (Å²) in [5.74, 6) is 0.838. The van der Waals surface area contributed by atoms with Crippen molar-refractivity contribution in [2.24, 2.45) is 0 Å². The molecule has 0 aliphatic rings. The average molecular weight is 274 g/mol. The fraction of sp³-hybridized carbons (Fsp3) is 0.0714. The van der Waals surface area contributed by atoms with E-state index in [-0.39, 0.29) is 5.78 Å². The molecule has 0 saturated carbocycles. The van der Waals surface area contributed by atoms with Gasteiger partial charge in [0.2, 0.25) is 5.78 Å². The summed E-state index contributed by atoms with van der Waals surface area (Å²) in [4.78, 5) is 13.1. The number of carbonyl (C=O) groups excluding carboxylic acids is 1. The molecule has 0 radical (unpaired) electrons. The molecule has 0 spiro atoms. The number of carbonyl (C=O) groups is 1. The van der Waals surface area contributed by atoms with Crippen LogP contribution in [0.15, 0.2) is 41.8 Å². The van der Waals surface area contributed by atoms with Crippen LogP contribution in [0.5, 0.6) is 5.75 Å². The van der Waals surface area contributed by atoms with Crippen molar-refractivity contribution >= 4 is 37.9 Å². The number of rotatable bonds is 3. The molecule has 0 saturated heterocycles. The van der Waals surface area contributed by atoms with Crippen LogP contribution in [0, 0.1) is 0 Å². The average Bonchev–Trinajstić information content (AvgIpc) is 2.99. The first-order valence-electron chi connectivity index (χ1n) is 5.44. The normalized spacial score (nSPS) is 10.7. The van der Waals surface area contributed by atoms with Crippen LogP contribution in [-0.2, 0) is 0 Å². The highest BCUT2D eigenvalue weighted by molar-refractivity contribution is 7.28. The molecule has 4 heteroatoms. The van der Waals surface area contributed by atoms with Gasteiger partial charge in [-0.15, -0.1) is 22.7 Å². The molecule has 0 fully saturated rings. The lowest BCUT2D eigenvalue weighted by Crippen LogP contribution is -1.98. The topological polar surface area (TPSA) is 26.3 Å². The van der Waals surface area contributed by atoms with Crippen LogP contribution in [0.2, 0.25) is 0 Å². The molecule has 0 N–H and O–H groups in total. The number of thiophene rings is 2. The van der Waals surface area contributed by atoms with Gasteiger partial charge in [-0.1, -0.05) is 0 Å². The number of ketones is 1. The zero-order chi connectivity index (χ0) is 12.5. The fourth-order valence-corrected chi connectivity index (χ4v) is 3.83. The predicted molar refractivity (Wildman–Crippen MR) is 76.1 cm³/mol. The van der Waals surface area contributed by atoms with Gasteiger partial charge in [0.25, 0.3) is 0 Å². The van der Waals surface area contributed by atoms with E-state index >= 15 is 0 Å². The molecule has 0 aliphatic heterocycles. The van der Waals surface area contributed by atoms with Crippen LogP contribution in [0.25, 0.3) is 9.40 Å². The molecule has 2 nitrogen and oxygen atoms in total. The van der Waals surface area contributed by atoms with Crippen molar-refractivity contribution in [3.63, 3.8) is 0 Å². The zero-order valence-corrected chi connectivity index (χ0v) is 11.3. The van der Waals surface area contributed by atoms with E-state index < -0.39 is 0 Å². The molecule has 90 valence electrons. The first-order chi connectivity index (χ1) is 8.78. The summed E-state index contributed by atoms with van der Waals surface area (Å²) in [7, 11) is 1.62. The smallest absolute Gasteiger partial charge is 0.203 e. The summed E-state index contributed by atoms with van der Waals surface area (Å²) in [6.45, 7) is 0. The van der Waals surface area contributed by atoms with E-state index in [1.165, 1.54) is 9.40 Å². The van der Waals surface area contributed by atoms with Crippen molar-refractivity contribution in [2.45, 2.75) is 0 Å². The highest BCUT2D eigenvalue weighted by Gasteiger charge is 2.13. The largest absolute Gasteiger partial charge is 0.497 e. The Morgan fingerprint density at radius 1 is 1.11 bits per heavy atom. The Hall–Kier alpha value is -1.65. The third-order valence-corrected chi connectivity index (χ3v) is 4.81. The summed E-state index contributed by atoms with van der Waals surface area (Å²) < 4.78 is 7.44. The summed E-state index contributed by atoms with van der Waals surface area (Å²) in [5.41, 5.74) is 0.699. The maximum absolute atomic E-state index is 12.3. The highest BCUT2D eigenvalue weighted by atomic mass is 32.1. The van der Waals surface area contributed by atoms with E-state index in [2.05, 4.69) is 6.07 Å². The number of ether oxygens (including phenoxy) is 1. The Balaban J connectivity index is 1.95. The Morgan fingerprint density at radius 2 is 1.89 bits per heavy atom. The number of methoxy groups -OCH3 is 1. The van der Waals surface area contributed by atoms with E-state index in [9.17, 15) is 4.79 Å². The molecule has 3 rings (SSSR count). The van der Waals surface area contributed by atoms with Crippen LogP contribution in [0.1, 0.15) is 15.2 Å². The summed E-state index contributed by atoms with van der Waals surface area (Å²) in [6.07, 6.45) is 0. The van der Waals surface area contributed by atoms with Crippen molar-refractivity contribution in [1.29, 1.82) is 0 Å². The van der Waals surface area contributed by atoms with Crippen molar-refractivity contribution in [3.8, 4) is 5.75 Å². The van der Waals surface area contributed by atoms with Crippen molar-refractivity contribution in [1.82, 2.24) is 0 Å².